The van der Waals surface area contributed by atoms with E-state index in [1.165, 1.54) is 0 Å². The monoisotopic (exact) mass is 170 g/mol. The van der Waals surface area contributed by atoms with Gasteiger partial charge in [-0.1, -0.05) is 19.4 Å². The maximum Gasteiger partial charge on any atom is 0.0655 e. The zero-order valence-corrected chi connectivity index (χ0v) is 7.66. The second-order valence-corrected chi connectivity index (χ2v) is 3.82. The highest BCUT2D eigenvalue weighted by molar-refractivity contribution is 5.04. The van der Waals surface area contributed by atoms with E-state index in [9.17, 15) is 10.2 Å². The molecule has 0 spiro atoms. The van der Waals surface area contributed by atoms with Crippen molar-refractivity contribution in [2.24, 2.45) is 11.3 Å². The molecule has 0 unspecified atom stereocenters. The van der Waals surface area contributed by atoms with Gasteiger partial charge in [-0.2, -0.15) is 0 Å². The van der Waals surface area contributed by atoms with Crippen LogP contribution in [-0.2, 0) is 0 Å². The van der Waals surface area contributed by atoms with E-state index in [2.05, 4.69) is 13.5 Å². The molecule has 1 aliphatic carbocycles. The zero-order chi connectivity index (χ0) is 9.19. The third kappa shape index (κ3) is 1.29. The molecule has 12 heavy (non-hydrogen) atoms. The van der Waals surface area contributed by atoms with Gasteiger partial charge in [-0.15, -0.1) is 6.58 Å². The molecule has 1 rings (SSSR count). The molecular formula is C10H18O2. The lowest BCUT2D eigenvalue weighted by molar-refractivity contribution is -0.0476. The molecular weight excluding hydrogens is 152 g/mol. The van der Waals surface area contributed by atoms with Gasteiger partial charge in [0.15, 0.2) is 0 Å². The molecule has 0 heterocycles. The molecule has 3 atom stereocenters. The van der Waals surface area contributed by atoms with E-state index in [1.54, 1.807) is 6.08 Å². The first-order valence-electron chi connectivity index (χ1n) is 4.60. The van der Waals surface area contributed by atoms with Crippen LogP contribution in [0.4, 0.5) is 0 Å². The fourth-order valence-electron chi connectivity index (χ4n) is 2.15. The van der Waals surface area contributed by atoms with Gasteiger partial charge in [-0.25, -0.2) is 0 Å². The van der Waals surface area contributed by atoms with Gasteiger partial charge in [0, 0.05) is 5.41 Å². The lowest BCUT2D eigenvalue weighted by Crippen LogP contribution is -2.45. The fraction of sp³-hybridized carbons (Fsp3) is 0.800. The lowest BCUT2D eigenvalue weighted by atomic mass is 9.66. The van der Waals surface area contributed by atoms with Crippen molar-refractivity contribution in [2.45, 2.75) is 32.3 Å². The van der Waals surface area contributed by atoms with Crippen LogP contribution < -0.4 is 0 Å². The van der Waals surface area contributed by atoms with E-state index in [0.717, 1.165) is 19.3 Å². The Balaban J connectivity index is 2.84. The van der Waals surface area contributed by atoms with E-state index in [-0.39, 0.29) is 6.61 Å². The summed E-state index contributed by atoms with van der Waals surface area (Å²) in [5, 5.41) is 19.0. The van der Waals surface area contributed by atoms with E-state index in [4.69, 9.17) is 0 Å². The Kier molecular flexibility index (Phi) is 2.91. The Labute approximate surface area is 73.9 Å². The van der Waals surface area contributed by atoms with Gasteiger partial charge in [0.2, 0.25) is 0 Å². The molecule has 2 heteroatoms. The quantitative estimate of drug-likeness (QED) is 0.614. The zero-order valence-electron chi connectivity index (χ0n) is 7.66. The minimum absolute atomic E-state index is 0.0127. The van der Waals surface area contributed by atoms with E-state index < -0.39 is 11.5 Å². The molecule has 0 aromatic carbocycles. The van der Waals surface area contributed by atoms with Crippen molar-refractivity contribution in [3.05, 3.63) is 12.7 Å². The van der Waals surface area contributed by atoms with E-state index in [1.807, 2.05) is 0 Å². The molecule has 0 aromatic heterocycles. The standard InChI is InChI=1S/C10H18O2/c1-3-10(7-11)8(2)5-4-6-9(10)12/h3,8-9,11-12H,1,4-7H2,2H3/t8-,9+,10-/m0/s1. The molecule has 0 aromatic rings. The molecule has 1 aliphatic rings. The van der Waals surface area contributed by atoms with Crippen LogP contribution in [0.2, 0.25) is 0 Å². The summed E-state index contributed by atoms with van der Waals surface area (Å²) < 4.78 is 0. The van der Waals surface area contributed by atoms with Gasteiger partial charge in [0.05, 0.1) is 12.7 Å². The largest absolute Gasteiger partial charge is 0.395 e. The Morgan fingerprint density at radius 3 is 2.58 bits per heavy atom. The Morgan fingerprint density at radius 1 is 1.58 bits per heavy atom. The summed E-state index contributed by atoms with van der Waals surface area (Å²) in [6, 6.07) is 0. The number of hydrogen-bond donors (Lipinski definition) is 2. The molecule has 0 saturated heterocycles. The Hall–Kier alpha value is -0.340. The highest BCUT2D eigenvalue weighted by atomic mass is 16.3. The molecule has 1 saturated carbocycles. The average molecular weight is 170 g/mol. The van der Waals surface area contributed by atoms with Crippen molar-refractivity contribution in [2.75, 3.05) is 6.61 Å². The van der Waals surface area contributed by atoms with Gasteiger partial charge < -0.3 is 10.2 Å². The summed E-state index contributed by atoms with van der Waals surface area (Å²) in [5.74, 6) is 0.337. The summed E-state index contributed by atoms with van der Waals surface area (Å²) in [6.07, 6.45) is 4.23. The topological polar surface area (TPSA) is 40.5 Å². The summed E-state index contributed by atoms with van der Waals surface area (Å²) in [4.78, 5) is 0. The molecule has 0 aliphatic heterocycles. The van der Waals surface area contributed by atoms with Crippen LogP contribution in [0.15, 0.2) is 12.7 Å². The van der Waals surface area contributed by atoms with Crippen molar-refractivity contribution in [1.82, 2.24) is 0 Å². The van der Waals surface area contributed by atoms with Crippen molar-refractivity contribution in [1.29, 1.82) is 0 Å². The number of rotatable bonds is 2. The predicted octanol–water partition coefficient (Wildman–Crippen LogP) is 1.33. The minimum atomic E-state index is -0.446. The van der Waals surface area contributed by atoms with E-state index in [0.29, 0.717) is 5.92 Å². The van der Waals surface area contributed by atoms with Gasteiger partial charge >= 0.3 is 0 Å². The molecule has 2 N–H and O–H groups in total. The first-order chi connectivity index (χ1) is 5.67. The number of hydrogen-bond acceptors (Lipinski definition) is 2. The molecule has 70 valence electrons. The second-order valence-electron chi connectivity index (χ2n) is 3.82. The molecule has 2 nitrogen and oxygen atoms in total. The highest BCUT2D eigenvalue weighted by Crippen LogP contribution is 2.41. The van der Waals surface area contributed by atoms with Gasteiger partial charge in [-0.3, -0.25) is 0 Å². The van der Waals surface area contributed by atoms with E-state index >= 15 is 0 Å². The summed E-state index contributed by atoms with van der Waals surface area (Å²) in [5.41, 5.74) is -0.446. The Morgan fingerprint density at radius 2 is 2.25 bits per heavy atom. The van der Waals surface area contributed by atoms with Crippen LogP contribution >= 0.6 is 0 Å². The second kappa shape index (κ2) is 3.58. The third-order valence-corrected chi connectivity index (χ3v) is 3.31. The van der Waals surface area contributed by atoms with Crippen LogP contribution in [0, 0.1) is 11.3 Å². The first-order valence-corrected chi connectivity index (χ1v) is 4.60. The summed E-state index contributed by atoms with van der Waals surface area (Å²) in [7, 11) is 0. The molecule has 1 fully saturated rings. The van der Waals surface area contributed by atoms with Crippen LogP contribution in [0.25, 0.3) is 0 Å². The molecule has 0 radical (unpaired) electrons. The average Bonchev–Trinajstić information content (AvgIpc) is 2.06. The third-order valence-electron chi connectivity index (χ3n) is 3.31. The first kappa shape index (κ1) is 9.75. The van der Waals surface area contributed by atoms with Gasteiger partial charge in [-0.05, 0) is 18.8 Å². The maximum atomic E-state index is 9.76. The van der Waals surface area contributed by atoms with Crippen molar-refractivity contribution in [3.8, 4) is 0 Å². The van der Waals surface area contributed by atoms with Crippen LogP contribution in [-0.4, -0.2) is 22.9 Å². The van der Waals surface area contributed by atoms with Crippen molar-refractivity contribution < 1.29 is 10.2 Å². The molecule has 0 bridgehead atoms. The predicted molar refractivity (Wildman–Crippen MR) is 48.7 cm³/mol. The molecule has 0 amide bonds. The van der Waals surface area contributed by atoms with Gasteiger partial charge in [0.25, 0.3) is 0 Å². The van der Waals surface area contributed by atoms with Gasteiger partial charge in [0.1, 0.15) is 0 Å². The van der Waals surface area contributed by atoms with Crippen LogP contribution in [0.3, 0.4) is 0 Å². The minimum Gasteiger partial charge on any atom is -0.395 e. The normalized spacial score (nSPS) is 42.6. The lowest BCUT2D eigenvalue weighted by Gasteiger charge is -2.42. The van der Waals surface area contributed by atoms with Crippen molar-refractivity contribution >= 4 is 0 Å². The summed E-state index contributed by atoms with van der Waals surface area (Å²) in [6.45, 7) is 5.79. The number of aliphatic hydroxyl groups is 2. The fourth-order valence-corrected chi connectivity index (χ4v) is 2.15. The van der Waals surface area contributed by atoms with Crippen LogP contribution in [0.5, 0.6) is 0 Å². The number of aliphatic hydroxyl groups excluding tert-OH is 2. The highest BCUT2D eigenvalue weighted by Gasteiger charge is 2.41. The maximum absolute atomic E-state index is 9.76. The Bertz CT molecular complexity index is 155. The van der Waals surface area contributed by atoms with Crippen molar-refractivity contribution in [3.63, 3.8) is 0 Å². The smallest absolute Gasteiger partial charge is 0.0655 e. The van der Waals surface area contributed by atoms with Crippen LogP contribution in [0.1, 0.15) is 26.2 Å². The summed E-state index contributed by atoms with van der Waals surface area (Å²) >= 11 is 0. The SMILES string of the molecule is C=C[C@@]1(CO)[C@H](O)CCC[C@@H]1C.